The van der Waals surface area contributed by atoms with Gasteiger partial charge in [0.15, 0.2) is 0 Å². The zero-order valence-corrected chi connectivity index (χ0v) is 11.2. The Bertz CT molecular complexity index is 401. The van der Waals surface area contributed by atoms with E-state index in [-0.39, 0.29) is 11.7 Å². The van der Waals surface area contributed by atoms with Crippen LogP contribution in [0.15, 0.2) is 24.3 Å². The molecular weight excluding hydrogens is 231 g/mol. The van der Waals surface area contributed by atoms with E-state index in [1.54, 1.807) is 31.0 Å². The van der Waals surface area contributed by atoms with Gasteiger partial charge in [-0.3, -0.25) is 4.79 Å². The maximum absolute atomic E-state index is 12.8. The van der Waals surface area contributed by atoms with Gasteiger partial charge in [-0.1, -0.05) is 25.5 Å². The topological polar surface area (TPSA) is 46.3 Å². The molecule has 2 N–H and O–H groups in total. The van der Waals surface area contributed by atoms with Gasteiger partial charge in [0.25, 0.3) is 0 Å². The van der Waals surface area contributed by atoms with Gasteiger partial charge in [0.2, 0.25) is 5.91 Å². The Labute approximate surface area is 108 Å². The molecule has 3 nitrogen and oxygen atoms in total. The summed E-state index contributed by atoms with van der Waals surface area (Å²) in [5.41, 5.74) is 6.06. The molecule has 0 radical (unpaired) electrons. The van der Waals surface area contributed by atoms with Crippen molar-refractivity contribution in [2.24, 2.45) is 5.73 Å². The first kappa shape index (κ1) is 14.6. The number of likely N-dealkylation sites (N-methyl/N-ethyl adjacent to an activating group) is 1. The molecule has 1 unspecified atom stereocenters. The predicted octanol–water partition coefficient (Wildman–Crippen LogP) is 2.30. The van der Waals surface area contributed by atoms with E-state index in [1.165, 1.54) is 12.1 Å². The number of hydrogen-bond donors (Lipinski definition) is 1. The van der Waals surface area contributed by atoms with Crippen LogP contribution in [-0.4, -0.2) is 23.4 Å². The number of carbonyl (C=O) groups excluding carboxylic acids is 1. The first-order valence-corrected chi connectivity index (χ1v) is 6.15. The molecule has 0 heterocycles. The predicted molar refractivity (Wildman–Crippen MR) is 70.4 cm³/mol. The maximum Gasteiger partial charge on any atom is 0.242 e. The number of rotatable bonds is 5. The number of amides is 1. The minimum absolute atomic E-state index is 0.0892. The lowest BCUT2D eigenvalue weighted by Gasteiger charge is -2.29. The van der Waals surface area contributed by atoms with E-state index in [4.69, 9.17) is 5.73 Å². The van der Waals surface area contributed by atoms with Crippen molar-refractivity contribution < 1.29 is 9.18 Å². The molecule has 0 aliphatic carbocycles. The van der Waals surface area contributed by atoms with Crippen LogP contribution in [0.1, 0.15) is 32.3 Å². The first-order chi connectivity index (χ1) is 8.36. The number of nitrogens with two attached hydrogens (primary N) is 1. The molecule has 1 aromatic carbocycles. The van der Waals surface area contributed by atoms with Crippen LogP contribution in [-0.2, 0) is 11.3 Å². The van der Waals surface area contributed by atoms with E-state index in [1.807, 2.05) is 6.92 Å². The SMILES string of the molecule is CCCC(C)(N)C(=O)N(C)Cc1ccc(F)cc1. The second-order valence-corrected chi connectivity index (χ2v) is 4.96. The van der Waals surface area contributed by atoms with Crippen molar-refractivity contribution in [2.45, 2.75) is 38.8 Å². The van der Waals surface area contributed by atoms with Gasteiger partial charge in [0.05, 0.1) is 5.54 Å². The molecule has 0 bridgehead atoms. The van der Waals surface area contributed by atoms with Crippen molar-refractivity contribution in [3.63, 3.8) is 0 Å². The van der Waals surface area contributed by atoms with Crippen molar-refractivity contribution in [1.29, 1.82) is 0 Å². The lowest BCUT2D eigenvalue weighted by atomic mass is 9.96. The fourth-order valence-electron chi connectivity index (χ4n) is 2.00. The summed E-state index contributed by atoms with van der Waals surface area (Å²) in [5, 5.41) is 0. The smallest absolute Gasteiger partial charge is 0.242 e. The number of carbonyl (C=O) groups is 1. The second-order valence-electron chi connectivity index (χ2n) is 4.96. The molecule has 1 aromatic rings. The summed E-state index contributed by atoms with van der Waals surface area (Å²) in [5.74, 6) is -0.365. The highest BCUT2D eigenvalue weighted by Gasteiger charge is 2.29. The van der Waals surface area contributed by atoms with Crippen LogP contribution < -0.4 is 5.73 Å². The summed E-state index contributed by atoms with van der Waals surface area (Å²) in [6, 6.07) is 6.13. The Morgan fingerprint density at radius 2 is 1.94 bits per heavy atom. The van der Waals surface area contributed by atoms with Crippen LogP contribution in [0.2, 0.25) is 0 Å². The van der Waals surface area contributed by atoms with Crippen LogP contribution >= 0.6 is 0 Å². The van der Waals surface area contributed by atoms with Gasteiger partial charge in [-0.05, 0) is 31.0 Å². The Balaban J connectivity index is 2.67. The van der Waals surface area contributed by atoms with Crippen LogP contribution in [0.5, 0.6) is 0 Å². The highest BCUT2D eigenvalue weighted by molar-refractivity contribution is 5.85. The first-order valence-electron chi connectivity index (χ1n) is 6.15. The Hall–Kier alpha value is -1.42. The monoisotopic (exact) mass is 252 g/mol. The van der Waals surface area contributed by atoms with E-state index in [9.17, 15) is 9.18 Å². The summed E-state index contributed by atoms with van der Waals surface area (Å²) >= 11 is 0. The Morgan fingerprint density at radius 1 is 1.39 bits per heavy atom. The minimum Gasteiger partial charge on any atom is -0.340 e. The van der Waals surface area contributed by atoms with Gasteiger partial charge >= 0.3 is 0 Å². The fraction of sp³-hybridized carbons (Fsp3) is 0.500. The van der Waals surface area contributed by atoms with Crippen molar-refractivity contribution in [1.82, 2.24) is 4.90 Å². The summed E-state index contributed by atoms with van der Waals surface area (Å²) in [6.07, 6.45) is 1.52. The van der Waals surface area contributed by atoms with E-state index in [0.717, 1.165) is 12.0 Å². The van der Waals surface area contributed by atoms with Crippen molar-refractivity contribution in [2.75, 3.05) is 7.05 Å². The number of hydrogen-bond acceptors (Lipinski definition) is 2. The van der Waals surface area contributed by atoms with Gasteiger partial charge < -0.3 is 10.6 Å². The molecule has 1 rings (SSSR count). The van der Waals surface area contributed by atoms with Gasteiger partial charge in [-0.15, -0.1) is 0 Å². The highest BCUT2D eigenvalue weighted by Crippen LogP contribution is 2.14. The minimum atomic E-state index is -0.830. The molecule has 0 saturated heterocycles. The Morgan fingerprint density at radius 3 is 2.44 bits per heavy atom. The highest BCUT2D eigenvalue weighted by atomic mass is 19.1. The molecule has 0 aromatic heterocycles. The van der Waals surface area contributed by atoms with E-state index in [0.29, 0.717) is 13.0 Å². The average Bonchev–Trinajstić information content (AvgIpc) is 2.31. The van der Waals surface area contributed by atoms with E-state index in [2.05, 4.69) is 0 Å². The lowest BCUT2D eigenvalue weighted by molar-refractivity contribution is -0.135. The molecule has 0 aliphatic rings. The third-order valence-corrected chi connectivity index (χ3v) is 2.94. The number of benzene rings is 1. The Kier molecular flexibility index (Phi) is 4.84. The third-order valence-electron chi connectivity index (χ3n) is 2.94. The molecule has 1 amide bonds. The van der Waals surface area contributed by atoms with Gasteiger partial charge in [0, 0.05) is 13.6 Å². The van der Waals surface area contributed by atoms with Crippen LogP contribution in [0.25, 0.3) is 0 Å². The standard InChI is InChI=1S/C14H21FN2O/c1-4-9-14(2,16)13(18)17(3)10-11-5-7-12(15)8-6-11/h5-8H,4,9-10,16H2,1-3H3. The molecular formula is C14H21FN2O. The molecule has 0 spiro atoms. The van der Waals surface area contributed by atoms with E-state index < -0.39 is 5.54 Å². The zero-order chi connectivity index (χ0) is 13.8. The van der Waals surface area contributed by atoms with E-state index >= 15 is 0 Å². The van der Waals surface area contributed by atoms with Gasteiger partial charge in [0.1, 0.15) is 5.82 Å². The maximum atomic E-state index is 12.8. The van der Waals surface area contributed by atoms with Crippen molar-refractivity contribution >= 4 is 5.91 Å². The summed E-state index contributed by atoms with van der Waals surface area (Å²) in [4.78, 5) is 13.7. The normalized spacial score (nSPS) is 14.1. The summed E-state index contributed by atoms with van der Waals surface area (Å²) in [7, 11) is 1.71. The van der Waals surface area contributed by atoms with Crippen molar-refractivity contribution in [3.8, 4) is 0 Å². The molecule has 1 atom stereocenters. The zero-order valence-electron chi connectivity index (χ0n) is 11.2. The third kappa shape index (κ3) is 3.81. The van der Waals surface area contributed by atoms with Gasteiger partial charge in [-0.2, -0.15) is 0 Å². The average molecular weight is 252 g/mol. The molecule has 0 aliphatic heterocycles. The molecule has 100 valence electrons. The molecule has 0 saturated carbocycles. The number of halogens is 1. The summed E-state index contributed by atoms with van der Waals surface area (Å²) in [6.45, 7) is 4.19. The fourth-order valence-corrected chi connectivity index (χ4v) is 2.00. The second kappa shape index (κ2) is 5.96. The lowest BCUT2D eigenvalue weighted by Crippen LogP contribution is -2.51. The van der Waals surface area contributed by atoms with Gasteiger partial charge in [-0.25, -0.2) is 4.39 Å². The molecule has 0 fully saturated rings. The van der Waals surface area contributed by atoms with Crippen LogP contribution in [0.4, 0.5) is 4.39 Å². The molecule has 18 heavy (non-hydrogen) atoms. The largest absolute Gasteiger partial charge is 0.340 e. The molecule has 4 heteroatoms. The quantitative estimate of drug-likeness (QED) is 0.874. The number of nitrogens with zero attached hydrogens (tertiary/aromatic N) is 1. The summed E-state index contributed by atoms with van der Waals surface area (Å²) < 4.78 is 12.8. The van der Waals surface area contributed by atoms with Crippen LogP contribution in [0, 0.1) is 5.82 Å². The van der Waals surface area contributed by atoms with Crippen LogP contribution in [0.3, 0.4) is 0 Å². The van der Waals surface area contributed by atoms with Crippen molar-refractivity contribution in [3.05, 3.63) is 35.6 Å².